The van der Waals surface area contributed by atoms with Gasteiger partial charge >= 0.3 is 0 Å². The standard InChI is InChI=1S/C17H23N3O2S/c1-12-6-8-15(10-13(12)2)23(21,22)20-14-7-9-16(18-11-14)19-17(3,4)5/h6-11,20H,1-5H3,(H,18,19). The van der Waals surface area contributed by atoms with Crippen LogP contribution in [0.25, 0.3) is 0 Å². The maximum atomic E-state index is 12.4. The summed E-state index contributed by atoms with van der Waals surface area (Å²) in [6.07, 6.45) is 1.51. The van der Waals surface area contributed by atoms with Crippen molar-refractivity contribution in [3.05, 3.63) is 47.7 Å². The van der Waals surface area contributed by atoms with E-state index >= 15 is 0 Å². The Morgan fingerprint density at radius 3 is 2.22 bits per heavy atom. The van der Waals surface area contributed by atoms with E-state index in [4.69, 9.17) is 0 Å². The predicted molar refractivity (Wildman–Crippen MR) is 94.3 cm³/mol. The first-order chi connectivity index (χ1) is 10.6. The predicted octanol–water partition coefficient (Wildman–Crippen LogP) is 3.71. The smallest absolute Gasteiger partial charge is 0.261 e. The lowest BCUT2D eigenvalue weighted by Crippen LogP contribution is -2.26. The van der Waals surface area contributed by atoms with Gasteiger partial charge in [-0.05, 0) is 70.0 Å². The van der Waals surface area contributed by atoms with Gasteiger partial charge in [0.1, 0.15) is 5.82 Å². The molecule has 0 atom stereocenters. The van der Waals surface area contributed by atoms with Gasteiger partial charge in [0.2, 0.25) is 0 Å². The molecular formula is C17H23N3O2S. The molecule has 2 N–H and O–H groups in total. The molecule has 0 spiro atoms. The summed E-state index contributed by atoms with van der Waals surface area (Å²) < 4.78 is 27.4. The quantitative estimate of drug-likeness (QED) is 0.895. The minimum Gasteiger partial charge on any atom is -0.365 e. The number of hydrogen-bond donors (Lipinski definition) is 2. The van der Waals surface area contributed by atoms with E-state index < -0.39 is 10.0 Å². The molecule has 6 heteroatoms. The number of sulfonamides is 1. The number of pyridine rings is 1. The maximum absolute atomic E-state index is 12.4. The van der Waals surface area contributed by atoms with Gasteiger partial charge in [0.25, 0.3) is 10.0 Å². The molecule has 124 valence electrons. The monoisotopic (exact) mass is 333 g/mol. The molecule has 5 nitrogen and oxygen atoms in total. The number of nitrogens with one attached hydrogen (secondary N) is 2. The molecule has 0 aliphatic carbocycles. The van der Waals surface area contributed by atoms with Crippen LogP contribution in [0.2, 0.25) is 0 Å². The highest BCUT2D eigenvalue weighted by molar-refractivity contribution is 7.92. The number of benzene rings is 1. The van der Waals surface area contributed by atoms with Gasteiger partial charge in [-0.1, -0.05) is 6.07 Å². The van der Waals surface area contributed by atoms with E-state index in [0.717, 1.165) is 11.1 Å². The van der Waals surface area contributed by atoms with Gasteiger partial charge in [0.05, 0.1) is 16.8 Å². The Kier molecular flexibility index (Phi) is 4.66. The van der Waals surface area contributed by atoms with E-state index in [1.807, 2.05) is 34.6 Å². The largest absolute Gasteiger partial charge is 0.365 e. The molecule has 0 amide bonds. The summed E-state index contributed by atoms with van der Waals surface area (Å²) in [5.74, 6) is 0.701. The van der Waals surface area contributed by atoms with Crippen molar-refractivity contribution < 1.29 is 8.42 Å². The molecule has 1 heterocycles. The van der Waals surface area contributed by atoms with E-state index in [0.29, 0.717) is 11.5 Å². The fraction of sp³-hybridized carbons (Fsp3) is 0.353. The van der Waals surface area contributed by atoms with Crippen LogP contribution in [0.15, 0.2) is 41.4 Å². The molecule has 1 aromatic heterocycles. The van der Waals surface area contributed by atoms with Crippen LogP contribution in [0.4, 0.5) is 11.5 Å². The lowest BCUT2D eigenvalue weighted by molar-refractivity contribution is 0.601. The summed E-state index contributed by atoms with van der Waals surface area (Å²) in [7, 11) is -3.61. The van der Waals surface area contributed by atoms with Gasteiger partial charge in [-0.25, -0.2) is 13.4 Å². The lowest BCUT2D eigenvalue weighted by atomic mass is 10.1. The van der Waals surface area contributed by atoms with E-state index in [9.17, 15) is 8.42 Å². The van der Waals surface area contributed by atoms with Crippen molar-refractivity contribution in [3.63, 3.8) is 0 Å². The van der Waals surface area contributed by atoms with E-state index in [1.54, 1.807) is 30.3 Å². The van der Waals surface area contributed by atoms with Crippen LogP contribution in [-0.4, -0.2) is 18.9 Å². The van der Waals surface area contributed by atoms with Crippen LogP contribution in [0.1, 0.15) is 31.9 Å². The highest BCUT2D eigenvalue weighted by Gasteiger charge is 2.15. The van der Waals surface area contributed by atoms with Gasteiger partial charge in [-0.2, -0.15) is 0 Å². The molecule has 0 radical (unpaired) electrons. The number of aryl methyl sites for hydroxylation is 2. The van der Waals surface area contributed by atoms with Gasteiger partial charge in [0.15, 0.2) is 0 Å². The first-order valence-electron chi connectivity index (χ1n) is 7.41. The highest BCUT2D eigenvalue weighted by Crippen LogP contribution is 2.20. The molecule has 0 saturated carbocycles. The van der Waals surface area contributed by atoms with Crippen LogP contribution in [-0.2, 0) is 10.0 Å². The molecule has 2 aromatic rings. The molecule has 1 aromatic carbocycles. The normalized spacial score (nSPS) is 12.0. The van der Waals surface area contributed by atoms with Crippen molar-refractivity contribution in [1.29, 1.82) is 0 Å². The Morgan fingerprint density at radius 1 is 1.00 bits per heavy atom. The third kappa shape index (κ3) is 4.69. The lowest BCUT2D eigenvalue weighted by Gasteiger charge is -2.21. The van der Waals surface area contributed by atoms with Gasteiger partial charge < -0.3 is 5.32 Å². The zero-order valence-corrected chi connectivity index (χ0v) is 15.0. The van der Waals surface area contributed by atoms with Crippen LogP contribution >= 0.6 is 0 Å². The zero-order chi connectivity index (χ0) is 17.3. The van der Waals surface area contributed by atoms with Crippen LogP contribution in [0.5, 0.6) is 0 Å². The number of nitrogens with zero attached hydrogens (tertiary/aromatic N) is 1. The summed E-state index contributed by atoms with van der Waals surface area (Å²) in [5.41, 5.74) is 2.33. The SMILES string of the molecule is Cc1ccc(S(=O)(=O)Nc2ccc(NC(C)(C)C)nc2)cc1C. The molecular weight excluding hydrogens is 310 g/mol. The van der Waals surface area contributed by atoms with Gasteiger partial charge in [-0.3, -0.25) is 4.72 Å². The van der Waals surface area contributed by atoms with Crippen LogP contribution in [0, 0.1) is 13.8 Å². The highest BCUT2D eigenvalue weighted by atomic mass is 32.2. The maximum Gasteiger partial charge on any atom is 0.261 e. The van der Waals surface area contributed by atoms with Gasteiger partial charge in [-0.15, -0.1) is 0 Å². The van der Waals surface area contributed by atoms with Crippen molar-refractivity contribution in [2.45, 2.75) is 45.1 Å². The number of rotatable bonds is 4. The fourth-order valence-electron chi connectivity index (χ4n) is 2.01. The Bertz CT molecular complexity index is 792. The number of aromatic nitrogens is 1. The topological polar surface area (TPSA) is 71.1 Å². The molecule has 0 bridgehead atoms. The van der Waals surface area contributed by atoms with E-state index in [-0.39, 0.29) is 10.4 Å². The molecule has 0 saturated heterocycles. The summed E-state index contributed by atoms with van der Waals surface area (Å²) in [5, 5.41) is 3.23. The second-order valence-electron chi connectivity index (χ2n) is 6.66. The third-order valence-electron chi connectivity index (χ3n) is 3.31. The fourth-order valence-corrected chi connectivity index (χ4v) is 3.14. The average Bonchev–Trinajstić information content (AvgIpc) is 2.42. The molecule has 23 heavy (non-hydrogen) atoms. The van der Waals surface area contributed by atoms with Crippen molar-refractivity contribution >= 4 is 21.5 Å². The second-order valence-corrected chi connectivity index (χ2v) is 8.34. The third-order valence-corrected chi connectivity index (χ3v) is 4.69. The average molecular weight is 333 g/mol. The molecule has 2 rings (SSSR count). The molecule has 0 aliphatic rings. The van der Waals surface area contributed by atoms with E-state index in [2.05, 4.69) is 15.0 Å². The second kappa shape index (κ2) is 6.20. The minimum absolute atomic E-state index is 0.104. The van der Waals surface area contributed by atoms with Crippen molar-refractivity contribution in [2.75, 3.05) is 10.0 Å². The van der Waals surface area contributed by atoms with Gasteiger partial charge in [0, 0.05) is 5.54 Å². The molecule has 0 fully saturated rings. The Labute approximate surface area is 138 Å². The summed E-state index contributed by atoms with van der Waals surface area (Å²) in [6, 6.07) is 8.52. The summed E-state index contributed by atoms with van der Waals surface area (Å²) in [6.45, 7) is 9.94. The Hall–Kier alpha value is -2.08. The van der Waals surface area contributed by atoms with Crippen molar-refractivity contribution in [3.8, 4) is 0 Å². The summed E-state index contributed by atoms with van der Waals surface area (Å²) >= 11 is 0. The summed E-state index contributed by atoms with van der Waals surface area (Å²) in [4.78, 5) is 4.48. The van der Waals surface area contributed by atoms with Crippen molar-refractivity contribution in [2.24, 2.45) is 0 Å². The van der Waals surface area contributed by atoms with Crippen LogP contribution < -0.4 is 10.0 Å². The minimum atomic E-state index is -3.61. The first-order valence-corrected chi connectivity index (χ1v) is 8.89. The number of hydrogen-bond acceptors (Lipinski definition) is 4. The van der Waals surface area contributed by atoms with Crippen molar-refractivity contribution in [1.82, 2.24) is 4.98 Å². The Morgan fingerprint density at radius 2 is 1.70 bits per heavy atom. The van der Waals surface area contributed by atoms with E-state index in [1.165, 1.54) is 6.20 Å². The molecule has 0 unspecified atom stereocenters. The molecule has 0 aliphatic heterocycles. The van der Waals surface area contributed by atoms with Crippen LogP contribution in [0.3, 0.4) is 0 Å². The zero-order valence-electron chi connectivity index (χ0n) is 14.1. The number of anilines is 2. The Balaban J connectivity index is 2.19. The first kappa shape index (κ1) is 17.3.